The molecule has 0 aromatic carbocycles. The molecule has 0 aliphatic rings. The maximum Gasteiger partial charge on any atom is 0.261 e. The van der Waals surface area contributed by atoms with Crippen molar-refractivity contribution >= 4 is 0 Å². The first kappa shape index (κ1) is 15.7. The molecule has 0 aromatic rings. The monoisotopic (exact) mass is 239 g/mol. The van der Waals surface area contributed by atoms with E-state index in [-0.39, 0.29) is 6.04 Å². The van der Waals surface area contributed by atoms with E-state index in [4.69, 9.17) is 9.47 Å². The van der Waals surface area contributed by atoms with Crippen molar-refractivity contribution in [1.29, 1.82) is 0 Å². The number of alkyl halides is 2. The Hall–Kier alpha value is -0.260. The van der Waals surface area contributed by atoms with Crippen molar-refractivity contribution in [3.8, 4) is 0 Å². The average Bonchev–Trinajstić information content (AvgIpc) is 2.25. The van der Waals surface area contributed by atoms with E-state index in [2.05, 4.69) is 12.2 Å². The average molecular weight is 239 g/mol. The summed E-state index contributed by atoms with van der Waals surface area (Å²) >= 11 is 0. The third-order valence-corrected chi connectivity index (χ3v) is 2.65. The van der Waals surface area contributed by atoms with Crippen molar-refractivity contribution in [3.63, 3.8) is 0 Å². The van der Waals surface area contributed by atoms with Gasteiger partial charge in [-0.3, -0.25) is 0 Å². The minimum atomic E-state index is -2.38. The summed E-state index contributed by atoms with van der Waals surface area (Å²) < 4.78 is 33.5. The third kappa shape index (κ3) is 7.96. The van der Waals surface area contributed by atoms with E-state index in [1.807, 2.05) is 7.05 Å². The number of rotatable bonds is 10. The highest BCUT2D eigenvalue weighted by Gasteiger charge is 2.15. The Morgan fingerprint density at radius 3 is 2.38 bits per heavy atom. The van der Waals surface area contributed by atoms with Crippen LogP contribution in [0.4, 0.5) is 8.78 Å². The van der Waals surface area contributed by atoms with E-state index in [0.29, 0.717) is 12.5 Å². The molecule has 0 aliphatic heterocycles. The summed E-state index contributed by atoms with van der Waals surface area (Å²) in [5.41, 5.74) is 0. The van der Waals surface area contributed by atoms with Crippen LogP contribution in [0.2, 0.25) is 0 Å². The Kier molecular flexibility index (Phi) is 9.77. The van der Waals surface area contributed by atoms with Crippen LogP contribution in [-0.2, 0) is 9.47 Å². The van der Waals surface area contributed by atoms with E-state index in [0.717, 1.165) is 19.4 Å². The highest BCUT2D eigenvalue weighted by Crippen LogP contribution is 2.11. The number of ether oxygens (including phenoxy) is 2. The summed E-state index contributed by atoms with van der Waals surface area (Å²) in [7, 11) is 3.55. The molecule has 98 valence electrons. The molecule has 0 saturated carbocycles. The fourth-order valence-corrected chi connectivity index (χ4v) is 1.60. The van der Waals surface area contributed by atoms with Crippen molar-refractivity contribution in [2.75, 3.05) is 34.0 Å². The molecule has 3 nitrogen and oxygen atoms in total. The van der Waals surface area contributed by atoms with Crippen molar-refractivity contribution in [2.24, 2.45) is 5.92 Å². The van der Waals surface area contributed by atoms with Crippen molar-refractivity contribution < 1.29 is 18.3 Å². The number of halogens is 2. The smallest absolute Gasteiger partial charge is 0.261 e. The standard InChI is InChI=1S/C11H23F2NO2/c1-9(4-6-15-3)10(14-2)5-7-16-8-11(12)13/h9-11,14H,4-8H2,1-3H3. The van der Waals surface area contributed by atoms with Crippen LogP contribution in [0.3, 0.4) is 0 Å². The van der Waals surface area contributed by atoms with Crippen LogP contribution in [0.15, 0.2) is 0 Å². The molecule has 0 aliphatic carbocycles. The first-order valence-corrected chi connectivity index (χ1v) is 5.63. The lowest BCUT2D eigenvalue weighted by Gasteiger charge is -2.23. The van der Waals surface area contributed by atoms with Crippen LogP contribution in [0.5, 0.6) is 0 Å². The second kappa shape index (κ2) is 9.93. The van der Waals surface area contributed by atoms with Gasteiger partial charge in [-0.1, -0.05) is 6.92 Å². The third-order valence-electron chi connectivity index (χ3n) is 2.65. The number of methoxy groups -OCH3 is 1. The minimum absolute atomic E-state index is 0.285. The Bertz CT molecular complexity index is 159. The minimum Gasteiger partial charge on any atom is -0.385 e. The zero-order chi connectivity index (χ0) is 12.4. The van der Waals surface area contributed by atoms with Crippen LogP contribution < -0.4 is 5.32 Å². The molecule has 1 N–H and O–H groups in total. The maximum absolute atomic E-state index is 11.8. The molecule has 0 spiro atoms. The van der Waals surface area contributed by atoms with E-state index in [1.165, 1.54) is 0 Å². The van der Waals surface area contributed by atoms with E-state index < -0.39 is 13.0 Å². The molecule has 0 bridgehead atoms. The number of hydrogen-bond donors (Lipinski definition) is 1. The summed E-state index contributed by atoms with van der Waals surface area (Å²) in [4.78, 5) is 0. The highest BCUT2D eigenvalue weighted by atomic mass is 19.3. The zero-order valence-electron chi connectivity index (χ0n) is 10.3. The molecule has 0 heterocycles. The predicted molar refractivity (Wildman–Crippen MR) is 59.9 cm³/mol. The summed E-state index contributed by atoms with van der Waals surface area (Å²) in [5, 5.41) is 3.18. The van der Waals surface area contributed by atoms with Crippen LogP contribution in [0.25, 0.3) is 0 Å². The Morgan fingerprint density at radius 1 is 1.19 bits per heavy atom. The molecule has 0 saturated heterocycles. The van der Waals surface area contributed by atoms with Gasteiger partial charge in [0, 0.05) is 26.4 Å². The lowest BCUT2D eigenvalue weighted by atomic mass is 9.96. The van der Waals surface area contributed by atoms with Gasteiger partial charge >= 0.3 is 0 Å². The van der Waals surface area contributed by atoms with Crippen LogP contribution in [0.1, 0.15) is 19.8 Å². The zero-order valence-corrected chi connectivity index (χ0v) is 10.3. The number of hydrogen-bond acceptors (Lipinski definition) is 3. The number of nitrogens with one attached hydrogen (secondary N) is 1. The van der Waals surface area contributed by atoms with Gasteiger partial charge in [0.15, 0.2) is 0 Å². The van der Waals surface area contributed by atoms with E-state index >= 15 is 0 Å². The Morgan fingerprint density at radius 2 is 1.88 bits per heavy atom. The molecule has 5 heteroatoms. The lowest BCUT2D eigenvalue weighted by Crippen LogP contribution is -2.34. The molecule has 0 amide bonds. The normalized spacial score (nSPS) is 15.4. The van der Waals surface area contributed by atoms with Gasteiger partial charge in [0.2, 0.25) is 0 Å². The van der Waals surface area contributed by atoms with Crippen LogP contribution >= 0.6 is 0 Å². The van der Waals surface area contributed by atoms with Crippen molar-refractivity contribution in [3.05, 3.63) is 0 Å². The van der Waals surface area contributed by atoms with Gasteiger partial charge in [-0.2, -0.15) is 0 Å². The molecule has 0 rings (SSSR count). The van der Waals surface area contributed by atoms with Gasteiger partial charge in [-0.25, -0.2) is 8.78 Å². The fraction of sp³-hybridized carbons (Fsp3) is 1.00. The molecule has 2 atom stereocenters. The van der Waals surface area contributed by atoms with Crippen molar-refractivity contribution in [1.82, 2.24) is 5.32 Å². The quantitative estimate of drug-likeness (QED) is 0.591. The van der Waals surface area contributed by atoms with Crippen molar-refractivity contribution in [2.45, 2.75) is 32.2 Å². The van der Waals surface area contributed by atoms with Gasteiger partial charge in [0.25, 0.3) is 6.43 Å². The summed E-state index contributed by atoms with van der Waals surface area (Å²) in [6.45, 7) is 2.74. The van der Waals surface area contributed by atoms with E-state index in [9.17, 15) is 8.78 Å². The molecule has 2 unspecified atom stereocenters. The van der Waals surface area contributed by atoms with E-state index in [1.54, 1.807) is 7.11 Å². The SMILES string of the molecule is CNC(CCOCC(F)F)C(C)CCOC. The van der Waals surface area contributed by atoms with Gasteiger partial charge in [-0.15, -0.1) is 0 Å². The summed E-state index contributed by atoms with van der Waals surface area (Å²) in [5.74, 6) is 0.445. The topological polar surface area (TPSA) is 30.5 Å². The molecule has 0 aromatic heterocycles. The molecular weight excluding hydrogens is 216 g/mol. The Labute approximate surface area is 96.5 Å². The molecule has 0 radical (unpaired) electrons. The summed E-state index contributed by atoms with van der Waals surface area (Å²) in [6.07, 6.45) is -0.677. The predicted octanol–water partition coefficient (Wildman–Crippen LogP) is 1.92. The molecule has 0 fully saturated rings. The maximum atomic E-state index is 11.8. The van der Waals surface area contributed by atoms with Gasteiger partial charge in [-0.05, 0) is 25.8 Å². The second-order valence-corrected chi connectivity index (χ2v) is 3.91. The molecular formula is C11H23F2NO2. The summed E-state index contributed by atoms with van der Waals surface area (Å²) in [6, 6.07) is 0.285. The highest BCUT2D eigenvalue weighted by molar-refractivity contribution is 4.71. The second-order valence-electron chi connectivity index (χ2n) is 3.91. The lowest BCUT2D eigenvalue weighted by molar-refractivity contribution is 0.0128. The fourth-order valence-electron chi connectivity index (χ4n) is 1.60. The molecule has 16 heavy (non-hydrogen) atoms. The van der Waals surface area contributed by atoms with Gasteiger partial charge < -0.3 is 14.8 Å². The first-order valence-electron chi connectivity index (χ1n) is 5.63. The van der Waals surface area contributed by atoms with Gasteiger partial charge in [0.1, 0.15) is 6.61 Å². The van der Waals surface area contributed by atoms with Crippen LogP contribution in [0, 0.1) is 5.92 Å². The largest absolute Gasteiger partial charge is 0.385 e. The Balaban J connectivity index is 3.64. The van der Waals surface area contributed by atoms with Gasteiger partial charge in [0.05, 0.1) is 0 Å². The first-order chi connectivity index (χ1) is 7.61. The van der Waals surface area contributed by atoms with Crippen LogP contribution in [-0.4, -0.2) is 46.4 Å².